The molecule has 4 nitrogen and oxygen atoms in total. The van der Waals surface area contributed by atoms with Crippen molar-refractivity contribution in [3.8, 4) is 0 Å². The summed E-state index contributed by atoms with van der Waals surface area (Å²) in [7, 11) is 0. The summed E-state index contributed by atoms with van der Waals surface area (Å²) in [5.74, 6) is 0.0321. The lowest BCUT2D eigenvalue weighted by atomic mass is 10.2. The smallest absolute Gasteiger partial charge is 0.254 e. The average molecular weight is 207 g/mol. The predicted octanol–water partition coefficient (Wildman–Crippen LogP) is 0.892. The second kappa shape index (κ2) is 6.14. The number of amides is 1. The third-order valence-corrected chi connectivity index (χ3v) is 2.11. The van der Waals surface area contributed by atoms with E-state index in [1.165, 1.54) is 0 Å². The van der Waals surface area contributed by atoms with Gasteiger partial charge in [0.2, 0.25) is 0 Å². The summed E-state index contributed by atoms with van der Waals surface area (Å²) in [5.41, 5.74) is 6.14. The van der Waals surface area contributed by atoms with E-state index >= 15 is 0 Å². The van der Waals surface area contributed by atoms with Crippen molar-refractivity contribution >= 4 is 5.91 Å². The van der Waals surface area contributed by atoms with E-state index in [4.69, 9.17) is 5.73 Å². The topological polar surface area (TPSA) is 59.2 Å². The molecule has 0 fully saturated rings. The van der Waals surface area contributed by atoms with Gasteiger partial charge >= 0.3 is 0 Å². The van der Waals surface area contributed by atoms with Crippen LogP contribution in [0.25, 0.3) is 0 Å². The van der Waals surface area contributed by atoms with E-state index in [-0.39, 0.29) is 5.91 Å². The van der Waals surface area contributed by atoms with E-state index in [0.717, 1.165) is 13.0 Å². The van der Waals surface area contributed by atoms with Gasteiger partial charge in [-0.2, -0.15) is 0 Å². The summed E-state index contributed by atoms with van der Waals surface area (Å²) in [5, 5.41) is 0. The molecule has 0 saturated heterocycles. The SMILES string of the molecule is CCCN(CCN)C(=O)c1ccncc1. The first-order chi connectivity index (χ1) is 7.29. The van der Waals surface area contributed by atoms with Crippen molar-refractivity contribution in [2.75, 3.05) is 19.6 Å². The molecule has 1 aromatic rings. The third kappa shape index (κ3) is 3.32. The number of pyridine rings is 1. The molecule has 1 aromatic heterocycles. The molecule has 1 rings (SSSR count). The second-order valence-corrected chi connectivity index (χ2v) is 3.32. The van der Waals surface area contributed by atoms with Gasteiger partial charge in [-0.15, -0.1) is 0 Å². The molecule has 0 atom stereocenters. The van der Waals surface area contributed by atoms with Crippen molar-refractivity contribution in [1.29, 1.82) is 0 Å². The van der Waals surface area contributed by atoms with Crippen LogP contribution in [-0.4, -0.2) is 35.4 Å². The quantitative estimate of drug-likeness (QED) is 0.780. The summed E-state index contributed by atoms with van der Waals surface area (Å²) >= 11 is 0. The van der Waals surface area contributed by atoms with Crippen LogP contribution in [0.5, 0.6) is 0 Å². The zero-order valence-corrected chi connectivity index (χ0v) is 9.02. The van der Waals surface area contributed by atoms with E-state index in [1.807, 2.05) is 6.92 Å². The normalized spacial score (nSPS) is 10.0. The van der Waals surface area contributed by atoms with Gasteiger partial charge < -0.3 is 10.6 Å². The van der Waals surface area contributed by atoms with Crippen LogP contribution in [0, 0.1) is 0 Å². The fourth-order valence-corrected chi connectivity index (χ4v) is 1.42. The molecule has 2 N–H and O–H groups in total. The number of hydrogen-bond donors (Lipinski definition) is 1. The largest absolute Gasteiger partial charge is 0.337 e. The van der Waals surface area contributed by atoms with Crippen molar-refractivity contribution in [3.63, 3.8) is 0 Å². The summed E-state index contributed by atoms with van der Waals surface area (Å²) in [6, 6.07) is 3.45. The fraction of sp³-hybridized carbons (Fsp3) is 0.455. The number of rotatable bonds is 5. The fourth-order valence-electron chi connectivity index (χ4n) is 1.42. The highest BCUT2D eigenvalue weighted by molar-refractivity contribution is 5.94. The Morgan fingerprint density at radius 3 is 2.60 bits per heavy atom. The first kappa shape index (κ1) is 11.7. The minimum atomic E-state index is 0.0321. The molecule has 0 aliphatic heterocycles. The molecule has 1 amide bonds. The maximum absolute atomic E-state index is 12.0. The first-order valence-corrected chi connectivity index (χ1v) is 5.19. The Morgan fingerprint density at radius 2 is 2.07 bits per heavy atom. The molecule has 0 aromatic carbocycles. The van der Waals surface area contributed by atoms with E-state index in [1.54, 1.807) is 29.4 Å². The lowest BCUT2D eigenvalue weighted by Crippen LogP contribution is -2.35. The monoisotopic (exact) mass is 207 g/mol. The Balaban J connectivity index is 2.71. The maximum Gasteiger partial charge on any atom is 0.254 e. The van der Waals surface area contributed by atoms with Crippen LogP contribution < -0.4 is 5.73 Å². The highest BCUT2D eigenvalue weighted by atomic mass is 16.2. The molecule has 0 aliphatic rings. The lowest BCUT2D eigenvalue weighted by molar-refractivity contribution is 0.0760. The highest BCUT2D eigenvalue weighted by Crippen LogP contribution is 2.03. The summed E-state index contributed by atoms with van der Waals surface area (Å²) < 4.78 is 0. The van der Waals surface area contributed by atoms with E-state index < -0.39 is 0 Å². The lowest BCUT2D eigenvalue weighted by Gasteiger charge is -2.21. The van der Waals surface area contributed by atoms with Crippen LogP contribution in [0.1, 0.15) is 23.7 Å². The Morgan fingerprint density at radius 1 is 1.40 bits per heavy atom. The molecule has 0 aliphatic carbocycles. The molecule has 0 bridgehead atoms. The van der Waals surface area contributed by atoms with Crippen LogP contribution in [0.3, 0.4) is 0 Å². The molecule has 0 saturated carbocycles. The minimum absolute atomic E-state index is 0.0321. The summed E-state index contributed by atoms with van der Waals surface area (Å²) in [6.07, 6.45) is 4.19. The van der Waals surface area contributed by atoms with Crippen molar-refractivity contribution in [3.05, 3.63) is 30.1 Å². The summed E-state index contributed by atoms with van der Waals surface area (Å²) in [6.45, 7) is 3.90. The highest BCUT2D eigenvalue weighted by Gasteiger charge is 2.13. The molecule has 1 heterocycles. The van der Waals surface area contributed by atoms with Crippen LogP contribution in [-0.2, 0) is 0 Å². The number of hydrogen-bond acceptors (Lipinski definition) is 3. The van der Waals surface area contributed by atoms with Gasteiger partial charge in [0.1, 0.15) is 0 Å². The molecule has 82 valence electrons. The third-order valence-electron chi connectivity index (χ3n) is 2.11. The van der Waals surface area contributed by atoms with Crippen LogP contribution >= 0.6 is 0 Å². The van der Waals surface area contributed by atoms with Crippen molar-refractivity contribution in [2.45, 2.75) is 13.3 Å². The molecule has 4 heteroatoms. The van der Waals surface area contributed by atoms with Gasteiger partial charge in [0.25, 0.3) is 5.91 Å². The Bertz CT molecular complexity index is 294. The van der Waals surface area contributed by atoms with Crippen molar-refractivity contribution in [2.24, 2.45) is 5.73 Å². The van der Waals surface area contributed by atoms with Gasteiger partial charge in [-0.1, -0.05) is 6.92 Å². The van der Waals surface area contributed by atoms with Gasteiger partial charge in [0, 0.05) is 37.6 Å². The Kier molecular flexibility index (Phi) is 4.77. The van der Waals surface area contributed by atoms with Gasteiger partial charge in [-0.25, -0.2) is 0 Å². The van der Waals surface area contributed by atoms with E-state index in [0.29, 0.717) is 18.7 Å². The number of nitrogens with two attached hydrogens (primary N) is 1. The Hall–Kier alpha value is -1.42. The molecular weight excluding hydrogens is 190 g/mol. The van der Waals surface area contributed by atoms with Gasteiger partial charge in [0.05, 0.1) is 0 Å². The molecule has 0 spiro atoms. The average Bonchev–Trinajstić information content (AvgIpc) is 2.29. The second-order valence-electron chi connectivity index (χ2n) is 3.32. The number of aromatic nitrogens is 1. The maximum atomic E-state index is 12.0. The zero-order valence-electron chi connectivity index (χ0n) is 9.02. The minimum Gasteiger partial charge on any atom is -0.337 e. The summed E-state index contributed by atoms with van der Waals surface area (Å²) in [4.78, 5) is 17.6. The van der Waals surface area contributed by atoms with Gasteiger partial charge in [0.15, 0.2) is 0 Å². The van der Waals surface area contributed by atoms with Crippen LogP contribution in [0.4, 0.5) is 0 Å². The van der Waals surface area contributed by atoms with Gasteiger partial charge in [-0.05, 0) is 18.6 Å². The van der Waals surface area contributed by atoms with E-state index in [9.17, 15) is 4.79 Å². The van der Waals surface area contributed by atoms with Crippen molar-refractivity contribution < 1.29 is 4.79 Å². The molecular formula is C11H17N3O. The zero-order chi connectivity index (χ0) is 11.1. The van der Waals surface area contributed by atoms with Crippen LogP contribution in [0.2, 0.25) is 0 Å². The molecule has 0 radical (unpaired) electrons. The van der Waals surface area contributed by atoms with Crippen molar-refractivity contribution in [1.82, 2.24) is 9.88 Å². The number of carbonyl (C=O) groups excluding carboxylic acids is 1. The standard InChI is InChI=1S/C11H17N3O/c1-2-8-14(9-5-12)11(15)10-3-6-13-7-4-10/h3-4,6-7H,2,5,8-9,12H2,1H3. The number of nitrogens with zero attached hydrogens (tertiary/aromatic N) is 2. The van der Waals surface area contributed by atoms with Crippen LogP contribution in [0.15, 0.2) is 24.5 Å². The molecule has 15 heavy (non-hydrogen) atoms. The number of carbonyl (C=O) groups is 1. The van der Waals surface area contributed by atoms with Gasteiger partial charge in [-0.3, -0.25) is 9.78 Å². The Labute approximate surface area is 90.1 Å². The first-order valence-electron chi connectivity index (χ1n) is 5.19. The van der Waals surface area contributed by atoms with E-state index in [2.05, 4.69) is 4.98 Å². The molecule has 0 unspecified atom stereocenters. The predicted molar refractivity (Wildman–Crippen MR) is 59.5 cm³/mol.